The Morgan fingerprint density at radius 2 is 2.21 bits per heavy atom. The van der Waals surface area contributed by atoms with Crippen molar-refractivity contribution in [3.63, 3.8) is 0 Å². The molecular weight excluding hydrogens is 180 g/mol. The number of rotatable bonds is 2. The number of carbonyl (C=O) groups is 2. The molecule has 4 heteroatoms. The Morgan fingerprint density at radius 1 is 1.57 bits per heavy atom. The molecule has 0 aliphatic carbocycles. The van der Waals surface area contributed by atoms with E-state index in [0.717, 1.165) is 6.42 Å². The van der Waals surface area contributed by atoms with Gasteiger partial charge in [0.1, 0.15) is 5.92 Å². The third kappa shape index (κ3) is 2.32. The average molecular weight is 194 g/mol. The molecule has 1 fully saturated rings. The van der Waals surface area contributed by atoms with E-state index in [1.54, 1.807) is 0 Å². The third-order valence-electron chi connectivity index (χ3n) is 2.38. The van der Waals surface area contributed by atoms with Crippen LogP contribution < -0.4 is 5.32 Å². The van der Waals surface area contributed by atoms with Gasteiger partial charge in [0.05, 0.1) is 6.07 Å². The predicted octanol–water partition coefficient (Wildman–Crippen LogP) is 0.835. The van der Waals surface area contributed by atoms with Crippen molar-refractivity contribution < 1.29 is 9.59 Å². The second-order valence-corrected chi connectivity index (χ2v) is 4.11. The van der Waals surface area contributed by atoms with Crippen molar-refractivity contribution in [3.8, 4) is 6.07 Å². The zero-order valence-electron chi connectivity index (χ0n) is 8.41. The minimum absolute atomic E-state index is 0.110. The summed E-state index contributed by atoms with van der Waals surface area (Å²) in [5.74, 6) is -1.06. The fourth-order valence-corrected chi connectivity index (χ4v) is 1.83. The maximum absolute atomic E-state index is 11.3. The second-order valence-electron chi connectivity index (χ2n) is 4.11. The summed E-state index contributed by atoms with van der Waals surface area (Å²) in [6.45, 7) is 4.04. The van der Waals surface area contributed by atoms with Crippen molar-refractivity contribution >= 4 is 11.8 Å². The molecule has 1 aliphatic rings. The van der Waals surface area contributed by atoms with Gasteiger partial charge >= 0.3 is 0 Å². The number of hydrogen-bond acceptors (Lipinski definition) is 3. The first-order chi connectivity index (χ1) is 6.54. The van der Waals surface area contributed by atoms with E-state index in [2.05, 4.69) is 5.32 Å². The fourth-order valence-electron chi connectivity index (χ4n) is 1.83. The Morgan fingerprint density at radius 3 is 2.71 bits per heavy atom. The van der Waals surface area contributed by atoms with Crippen molar-refractivity contribution in [2.24, 2.45) is 17.8 Å². The lowest BCUT2D eigenvalue weighted by molar-refractivity contribution is -0.137. The Bertz CT molecular complexity index is 291. The molecule has 1 saturated heterocycles. The Hall–Kier alpha value is -1.37. The van der Waals surface area contributed by atoms with Crippen LogP contribution in [0.3, 0.4) is 0 Å². The predicted molar refractivity (Wildman–Crippen MR) is 49.8 cm³/mol. The van der Waals surface area contributed by atoms with Crippen LogP contribution in [0.25, 0.3) is 0 Å². The average Bonchev–Trinajstić information content (AvgIpc) is 2.01. The van der Waals surface area contributed by atoms with E-state index < -0.39 is 11.8 Å². The molecule has 2 amide bonds. The number of imide groups is 1. The zero-order chi connectivity index (χ0) is 10.7. The van der Waals surface area contributed by atoms with Crippen LogP contribution in [0.4, 0.5) is 0 Å². The van der Waals surface area contributed by atoms with E-state index >= 15 is 0 Å². The summed E-state index contributed by atoms with van der Waals surface area (Å²) >= 11 is 0. The SMILES string of the molecule is CC(C)CC1CC(=O)NC(=O)C1C#N. The molecule has 0 aromatic rings. The minimum Gasteiger partial charge on any atom is -0.295 e. The van der Waals surface area contributed by atoms with Crippen LogP contribution >= 0.6 is 0 Å². The topological polar surface area (TPSA) is 70.0 Å². The van der Waals surface area contributed by atoms with Gasteiger partial charge in [0.15, 0.2) is 0 Å². The van der Waals surface area contributed by atoms with Crippen molar-refractivity contribution in [1.29, 1.82) is 5.26 Å². The number of carbonyl (C=O) groups excluding carboxylic acids is 2. The first-order valence-corrected chi connectivity index (χ1v) is 4.78. The van der Waals surface area contributed by atoms with Crippen molar-refractivity contribution in [2.75, 3.05) is 0 Å². The van der Waals surface area contributed by atoms with E-state index in [4.69, 9.17) is 5.26 Å². The number of piperidine rings is 1. The summed E-state index contributed by atoms with van der Waals surface area (Å²) in [6, 6.07) is 1.97. The smallest absolute Gasteiger partial charge is 0.244 e. The van der Waals surface area contributed by atoms with E-state index in [1.807, 2.05) is 19.9 Å². The van der Waals surface area contributed by atoms with Gasteiger partial charge in [0.25, 0.3) is 0 Å². The van der Waals surface area contributed by atoms with Gasteiger partial charge < -0.3 is 0 Å². The van der Waals surface area contributed by atoms with Crippen LogP contribution in [0.1, 0.15) is 26.7 Å². The third-order valence-corrected chi connectivity index (χ3v) is 2.38. The molecule has 1 rings (SSSR count). The maximum Gasteiger partial charge on any atom is 0.244 e. The van der Waals surface area contributed by atoms with E-state index in [-0.39, 0.29) is 11.8 Å². The van der Waals surface area contributed by atoms with Gasteiger partial charge in [0, 0.05) is 6.42 Å². The molecule has 4 nitrogen and oxygen atoms in total. The van der Waals surface area contributed by atoms with Gasteiger partial charge in [-0.05, 0) is 18.3 Å². The molecular formula is C10H14N2O2. The lowest BCUT2D eigenvalue weighted by Gasteiger charge is -2.26. The highest BCUT2D eigenvalue weighted by Crippen LogP contribution is 2.26. The summed E-state index contributed by atoms with van der Waals surface area (Å²) in [7, 11) is 0. The fraction of sp³-hybridized carbons (Fsp3) is 0.700. The van der Waals surface area contributed by atoms with Gasteiger partial charge in [-0.25, -0.2) is 0 Å². The maximum atomic E-state index is 11.3. The van der Waals surface area contributed by atoms with E-state index in [9.17, 15) is 9.59 Å². The molecule has 0 radical (unpaired) electrons. The highest BCUT2D eigenvalue weighted by molar-refractivity contribution is 6.00. The molecule has 0 aromatic carbocycles. The van der Waals surface area contributed by atoms with Crippen LogP contribution in [-0.4, -0.2) is 11.8 Å². The van der Waals surface area contributed by atoms with Crippen LogP contribution in [0, 0.1) is 29.1 Å². The number of hydrogen-bond donors (Lipinski definition) is 1. The molecule has 2 unspecified atom stereocenters. The molecule has 2 atom stereocenters. The Labute approximate surface area is 83.3 Å². The van der Waals surface area contributed by atoms with Gasteiger partial charge in [-0.15, -0.1) is 0 Å². The number of nitriles is 1. The van der Waals surface area contributed by atoms with Crippen molar-refractivity contribution in [2.45, 2.75) is 26.7 Å². The van der Waals surface area contributed by atoms with Crippen LogP contribution in [0.2, 0.25) is 0 Å². The van der Waals surface area contributed by atoms with Gasteiger partial charge in [-0.3, -0.25) is 14.9 Å². The summed E-state index contributed by atoms with van der Waals surface area (Å²) in [4.78, 5) is 22.4. The first-order valence-electron chi connectivity index (χ1n) is 4.78. The molecule has 1 heterocycles. The van der Waals surface area contributed by atoms with Gasteiger partial charge in [-0.2, -0.15) is 5.26 Å². The molecule has 1 N–H and O–H groups in total. The van der Waals surface area contributed by atoms with Gasteiger partial charge in [0.2, 0.25) is 11.8 Å². The summed E-state index contributed by atoms with van der Waals surface area (Å²) in [6.07, 6.45) is 1.04. The van der Waals surface area contributed by atoms with Gasteiger partial charge in [-0.1, -0.05) is 13.8 Å². The molecule has 76 valence electrons. The van der Waals surface area contributed by atoms with Crippen LogP contribution in [0.15, 0.2) is 0 Å². The molecule has 14 heavy (non-hydrogen) atoms. The normalized spacial score (nSPS) is 27.3. The Balaban J connectivity index is 2.74. The summed E-state index contributed by atoms with van der Waals surface area (Å²) in [5.41, 5.74) is 0. The van der Waals surface area contributed by atoms with Crippen LogP contribution in [-0.2, 0) is 9.59 Å². The molecule has 0 saturated carbocycles. The summed E-state index contributed by atoms with van der Waals surface area (Å²) < 4.78 is 0. The van der Waals surface area contributed by atoms with Crippen molar-refractivity contribution in [3.05, 3.63) is 0 Å². The van der Waals surface area contributed by atoms with E-state index in [0.29, 0.717) is 12.3 Å². The molecule has 0 spiro atoms. The molecule has 0 bridgehead atoms. The first kappa shape index (κ1) is 10.7. The monoisotopic (exact) mass is 194 g/mol. The summed E-state index contributed by atoms with van der Waals surface area (Å²) in [5, 5.41) is 11.0. The number of nitrogens with one attached hydrogen (secondary N) is 1. The minimum atomic E-state index is -0.657. The lowest BCUT2D eigenvalue weighted by Crippen LogP contribution is -2.45. The Kier molecular flexibility index (Phi) is 3.23. The zero-order valence-corrected chi connectivity index (χ0v) is 8.41. The van der Waals surface area contributed by atoms with Crippen LogP contribution in [0.5, 0.6) is 0 Å². The quantitative estimate of drug-likeness (QED) is 0.662. The number of amides is 2. The molecule has 1 aliphatic heterocycles. The highest BCUT2D eigenvalue weighted by Gasteiger charge is 2.35. The van der Waals surface area contributed by atoms with Crippen molar-refractivity contribution in [1.82, 2.24) is 5.32 Å². The number of nitrogens with zero attached hydrogens (tertiary/aromatic N) is 1. The lowest BCUT2D eigenvalue weighted by atomic mass is 9.81. The second kappa shape index (κ2) is 4.23. The molecule has 0 aromatic heterocycles. The standard InChI is InChI=1S/C10H14N2O2/c1-6(2)3-7-4-9(13)12-10(14)8(7)5-11/h6-8H,3-4H2,1-2H3,(H,12,13,14). The largest absolute Gasteiger partial charge is 0.295 e. The highest BCUT2D eigenvalue weighted by atomic mass is 16.2. The van der Waals surface area contributed by atoms with E-state index in [1.165, 1.54) is 0 Å².